The van der Waals surface area contributed by atoms with Gasteiger partial charge < -0.3 is 10.4 Å². The molecule has 1 amide bonds. The summed E-state index contributed by atoms with van der Waals surface area (Å²) in [7, 11) is 1.97. The van der Waals surface area contributed by atoms with E-state index in [4.69, 9.17) is 0 Å². The molecule has 0 spiro atoms. The minimum absolute atomic E-state index is 0.0853. The van der Waals surface area contributed by atoms with E-state index in [-0.39, 0.29) is 24.1 Å². The molecule has 0 bridgehead atoms. The van der Waals surface area contributed by atoms with Crippen LogP contribution in [-0.2, 0) is 4.79 Å². The van der Waals surface area contributed by atoms with Gasteiger partial charge in [0.25, 0.3) is 0 Å². The molecule has 0 aromatic rings. The summed E-state index contributed by atoms with van der Waals surface area (Å²) in [5, 5.41) is 13.0. The first kappa shape index (κ1) is 16.4. The quantitative estimate of drug-likeness (QED) is 0.773. The molecule has 1 rings (SSSR count). The van der Waals surface area contributed by atoms with Gasteiger partial charge in [0, 0.05) is 12.6 Å². The molecule has 0 aromatic carbocycles. The number of nitrogens with one attached hydrogen (secondary N) is 1. The number of amides is 1. The second kappa shape index (κ2) is 7.85. The third-order valence-corrected chi connectivity index (χ3v) is 4.43. The molecule has 0 heterocycles. The number of aliphatic hydroxyl groups excluding tert-OH is 1. The SMILES string of the molecule is CCC(C)NC(=O)C(C)N(C)CC1CCCCC1O. The zero-order chi connectivity index (χ0) is 14.4. The number of likely N-dealkylation sites (N-methyl/N-ethyl adjacent to an activating group) is 1. The monoisotopic (exact) mass is 270 g/mol. The lowest BCUT2D eigenvalue weighted by Crippen LogP contribution is -2.48. The summed E-state index contributed by atoms with van der Waals surface area (Å²) in [5.41, 5.74) is 0. The van der Waals surface area contributed by atoms with Gasteiger partial charge in [0.05, 0.1) is 12.1 Å². The summed E-state index contributed by atoms with van der Waals surface area (Å²) in [6.45, 7) is 6.83. The number of hydrogen-bond donors (Lipinski definition) is 2. The molecule has 1 fully saturated rings. The highest BCUT2D eigenvalue weighted by molar-refractivity contribution is 5.81. The predicted octanol–water partition coefficient (Wildman–Crippen LogP) is 1.77. The van der Waals surface area contributed by atoms with Crippen molar-refractivity contribution in [2.75, 3.05) is 13.6 Å². The van der Waals surface area contributed by atoms with Crippen LogP contribution in [0.3, 0.4) is 0 Å². The van der Waals surface area contributed by atoms with Crippen molar-refractivity contribution in [3.8, 4) is 0 Å². The fourth-order valence-corrected chi connectivity index (χ4v) is 2.59. The van der Waals surface area contributed by atoms with Crippen LogP contribution in [0.1, 0.15) is 52.9 Å². The topological polar surface area (TPSA) is 52.6 Å². The molecule has 0 radical (unpaired) electrons. The number of carbonyl (C=O) groups is 1. The average Bonchev–Trinajstić information content (AvgIpc) is 2.40. The zero-order valence-electron chi connectivity index (χ0n) is 12.9. The van der Waals surface area contributed by atoms with Crippen molar-refractivity contribution < 1.29 is 9.90 Å². The predicted molar refractivity (Wildman–Crippen MR) is 78.0 cm³/mol. The molecule has 19 heavy (non-hydrogen) atoms. The lowest BCUT2D eigenvalue weighted by atomic mass is 9.86. The molecule has 0 aliphatic heterocycles. The molecule has 0 saturated heterocycles. The lowest BCUT2D eigenvalue weighted by molar-refractivity contribution is -0.126. The van der Waals surface area contributed by atoms with Gasteiger partial charge in [-0.05, 0) is 46.1 Å². The van der Waals surface area contributed by atoms with E-state index < -0.39 is 0 Å². The number of nitrogens with zero attached hydrogens (tertiary/aromatic N) is 1. The number of rotatable bonds is 6. The minimum Gasteiger partial charge on any atom is -0.393 e. The van der Waals surface area contributed by atoms with Crippen molar-refractivity contribution in [1.82, 2.24) is 10.2 Å². The summed E-state index contributed by atoms with van der Waals surface area (Å²) < 4.78 is 0. The molecule has 1 aliphatic rings. The first-order valence-corrected chi connectivity index (χ1v) is 7.64. The summed E-state index contributed by atoms with van der Waals surface area (Å²) >= 11 is 0. The van der Waals surface area contributed by atoms with Gasteiger partial charge in [-0.15, -0.1) is 0 Å². The Balaban J connectivity index is 2.42. The Hall–Kier alpha value is -0.610. The largest absolute Gasteiger partial charge is 0.393 e. The summed E-state index contributed by atoms with van der Waals surface area (Å²) in [6.07, 6.45) is 5.07. The van der Waals surface area contributed by atoms with E-state index in [0.29, 0.717) is 5.92 Å². The van der Waals surface area contributed by atoms with Gasteiger partial charge in [0.15, 0.2) is 0 Å². The highest BCUT2D eigenvalue weighted by atomic mass is 16.3. The summed E-state index contributed by atoms with van der Waals surface area (Å²) in [6, 6.07) is 0.0896. The molecule has 4 unspecified atom stereocenters. The maximum absolute atomic E-state index is 12.1. The van der Waals surface area contributed by atoms with E-state index in [9.17, 15) is 9.90 Å². The second-order valence-electron chi connectivity index (χ2n) is 6.05. The highest BCUT2D eigenvalue weighted by Crippen LogP contribution is 2.25. The Morgan fingerprint density at radius 1 is 1.37 bits per heavy atom. The van der Waals surface area contributed by atoms with Crippen molar-refractivity contribution >= 4 is 5.91 Å². The van der Waals surface area contributed by atoms with E-state index in [0.717, 1.165) is 32.2 Å². The van der Waals surface area contributed by atoms with Gasteiger partial charge in [-0.2, -0.15) is 0 Å². The van der Waals surface area contributed by atoms with Gasteiger partial charge in [0.2, 0.25) is 5.91 Å². The first-order valence-electron chi connectivity index (χ1n) is 7.64. The number of aliphatic hydroxyl groups is 1. The normalized spacial score (nSPS) is 27.1. The van der Waals surface area contributed by atoms with Crippen LogP contribution in [0.4, 0.5) is 0 Å². The molecule has 1 aliphatic carbocycles. The van der Waals surface area contributed by atoms with Gasteiger partial charge in [-0.3, -0.25) is 9.69 Å². The molecule has 112 valence electrons. The van der Waals surface area contributed by atoms with Crippen LogP contribution < -0.4 is 5.32 Å². The third kappa shape index (κ3) is 5.11. The van der Waals surface area contributed by atoms with Crippen molar-refractivity contribution in [2.45, 2.75) is 71.1 Å². The maximum Gasteiger partial charge on any atom is 0.237 e. The fourth-order valence-electron chi connectivity index (χ4n) is 2.59. The Morgan fingerprint density at radius 2 is 2.00 bits per heavy atom. The minimum atomic E-state index is -0.193. The van der Waals surface area contributed by atoms with Crippen LogP contribution in [-0.4, -0.2) is 47.7 Å². The molecule has 4 atom stereocenters. The first-order chi connectivity index (χ1) is 8.95. The van der Waals surface area contributed by atoms with E-state index in [1.54, 1.807) is 0 Å². The second-order valence-corrected chi connectivity index (χ2v) is 6.05. The Labute approximate surface area is 117 Å². The van der Waals surface area contributed by atoms with E-state index in [1.165, 1.54) is 6.42 Å². The van der Waals surface area contributed by atoms with E-state index >= 15 is 0 Å². The van der Waals surface area contributed by atoms with E-state index in [2.05, 4.69) is 17.1 Å². The smallest absolute Gasteiger partial charge is 0.237 e. The van der Waals surface area contributed by atoms with Crippen LogP contribution >= 0.6 is 0 Å². The maximum atomic E-state index is 12.1. The van der Waals surface area contributed by atoms with Crippen molar-refractivity contribution in [3.05, 3.63) is 0 Å². The van der Waals surface area contributed by atoms with Crippen LogP contribution in [0.25, 0.3) is 0 Å². The molecular weight excluding hydrogens is 240 g/mol. The summed E-state index contributed by atoms with van der Waals surface area (Å²) in [5.74, 6) is 0.403. The number of hydrogen-bond acceptors (Lipinski definition) is 3. The molecule has 2 N–H and O–H groups in total. The van der Waals surface area contributed by atoms with Gasteiger partial charge in [0.1, 0.15) is 0 Å². The average molecular weight is 270 g/mol. The van der Waals surface area contributed by atoms with Gasteiger partial charge in [-0.1, -0.05) is 19.8 Å². The Kier molecular flexibility index (Phi) is 6.80. The molecule has 4 nitrogen and oxygen atoms in total. The lowest BCUT2D eigenvalue weighted by Gasteiger charge is -2.33. The third-order valence-electron chi connectivity index (χ3n) is 4.43. The van der Waals surface area contributed by atoms with Crippen LogP contribution in [0.15, 0.2) is 0 Å². The van der Waals surface area contributed by atoms with Crippen LogP contribution in [0, 0.1) is 5.92 Å². The van der Waals surface area contributed by atoms with Crippen molar-refractivity contribution in [3.63, 3.8) is 0 Å². The van der Waals surface area contributed by atoms with Gasteiger partial charge >= 0.3 is 0 Å². The Bertz CT molecular complexity index is 283. The Morgan fingerprint density at radius 3 is 2.58 bits per heavy atom. The molecule has 1 saturated carbocycles. The van der Waals surface area contributed by atoms with Crippen molar-refractivity contribution in [1.29, 1.82) is 0 Å². The molecular formula is C15H30N2O2. The standard InChI is InChI=1S/C15H30N2O2/c1-5-11(2)16-15(19)12(3)17(4)10-13-8-6-7-9-14(13)18/h11-14,18H,5-10H2,1-4H3,(H,16,19). The zero-order valence-corrected chi connectivity index (χ0v) is 12.9. The fraction of sp³-hybridized carbons (Fsp3) is 0.933. The molecule has 0 aromatic heterocycles. The molecule has 4 heteroatoms. The summed E-state index contributed by atoms with van der Waals surface area (Å²) in [4.78, 5) is 14.1. The van der Waals surface area contributed by atoms with Crippen molar-refractivity contribution in [2.24, 2.45) is 5.92 Å². The van der Waals surface area contributed by atoms with E-state index in [1.807, 2.05) is 20.9 Å². The van der Waals surface area contributed by atoms with Gasteiger partial charge in [-0.25, -0.2) is 0 Å². The highest BCUT2D eigenvalue weighted by Gasteiger charge is 2.27. The van der Waals surface area contributed by atoms with Crippen LogP contribution in [0.2, 0.25) is 0 Å². The number of carbonyl (C=O) groups excluding carboxylic acids is 1. The van der Waals surface area contributed by atoms with Crippen LogP contribution in [0.5, 0.6) is 0 Å².